The van der Waals surface area contributed by atoms with Gasteiger partial charge in [-0.1, -0.05) is 12.1 Å². The summed E-state index contributed by atoms with van der Waals surface area (Å²) < 4.78 is 6.63. The van der Waals surface area contributed by atoms with Crippen LogP contribution in [-0.2, 0) is 20.7 Å². The molecule has 9 heteroatoms. The highest BCUT2D eigenvalue weighted by atomic mass is 16.5. The Bertz CT molecular complexity index is 1040. The molecule has 0 unspecified atom stereocenters. The van der Waals surface area contributed by atoms with Crippen molar-refractivity contribution in [2.45, 2.75) is 33.6 Å². The smallest absolute Gasteiger partial charge is 0.306 e. The van der Waals surface area contributed by atoms with E-state index in [-0.39, 0.29) is 24.9 Å². The molecule has 9 nitrogen and oxygen atoms in total. The van der Waals surface area contributed by atoms with Gasteiger partial charge < -0.3 is 15.8 Å². The van der Waals surface area contributed by atoms with Gasteiger partial charge >= 0.3 is 5.97 Å². The zero-order valence-electron chi connectivity index (χ0n) is 16.0. The van der Waals surface area contributed by atoms with Crippen LogP contribution in [0.25, 0.3) is 5.78 Å². The number of rotatable bonds is 6. The number of nitrogens with zero attached hydrogens (tertiary/aromatic N) is 4. The van der Waals surface area contributed by atoms with E-state index < -0.39 is 5.97 Å². The third kappa shape index (κ3) is 4.43. The van der Waals surface area contributed by atoms with Crippen LogP contribution in [0.1, 0.15) is 28.9 Å². The Morgan fingerprint density at radius 2 is 2.00 bits per heavy atom. The van der Waals surface area contributed by atoms with Crippen molar-refractivity contribution < 1.29 is 14.3 Å². The molecule has 28 heavy (non-hydrogen) atoms. The number of nitrogen functional groups attached to an aromatic ring is 1. The number of carbonyl (C=O) groups is 2. The third-order valence-corrected chi connectivity index (χ3v) is 4.31. The number of nitrogens with two attached hydrogens (primary N) is 1. The number of ether oxygens (including phenoxy) is 1. The average Bonchev–Trinajstić information content (AvgIpc) is 3.00. The standard InChI is InChI=1S/C19H22N6O3/c1-11-5-4-6-14(9-11)22-16(26)10-28-17(27)8-7-15-12(2)21-19-23-18(20)24-25(19)13(15)3/h4-6,9H,7-8,10H2,1-3H3,(H2,20,24)(H,22,26). The lowest BCUT2D eigenvalue weighted by Crippen LogP contribution is -2.21. The van der Waals surface area contributed by atoms with Crippen LogP contribution in [0.2, 0.25) is 0 Å². The fourth-order valence-electron chi connectivity index (χ4n) is 2.95. The van der Waals surface area contributed by atoms with Crippen LogP contribution in [0, 0.1) is 20.8 Å². The van der Waals surface area contributed by atoms with E-state index >= 15 is 0 Å². The van der Waals surface area contributed by atoms with Crippen molar-refractivity contribution >= 4 is 29.3 Å². The number of esters is 1. The van der Waals surface area contributed by atoms with Crippen LogP contribution >= 0.6 is 0 Å². The highest BCUT2D eigenvalue weighted by Crippen LogP contribution is 2.16. The van der Waals surface area contributed by atoms with Crippen LogP contribution in [0.3, 0.4) is 0 Å². The van der Waals surface area contributed by atoms with E-state index in [1.165, 1.54) is 0 Å². The van der Waals surface area contributed by atoms with Gasteiger partial charge in [0.15, 0.2) is 6.61 Å². The highest BCUT2D eigenvalue weighted by Gasteiger charge is 2.15. The predicted octanol–water partition coefficient (Wildman–Crippen LogP) is 1.75. The number of hydrogen-bond donors (Lipinski definition) is 2. The first-order chi connectivity index (χ1) is 13.3. The molecule has 1 amide bonds. The maximum absolute atomic E-state index is 12.0. The summed E-state index contributed by atoms with van der Waals surface area (Å²) in [6.45, 7) is 5.31. The average molecular weight is 382 g/mol. The summed E-state index contributed by atoms with van der Waals surface area (Å²) in [5.74, 6) is -0.276. The molecule has 0 fully saturated rings. The SMILES string of the molecule is Cc1cccc(NC(=O)COC(=O)CCc2c(C)nc3nc(N)nn3c2C)c1. The number of hydrogen-bond acceptors (Lipinski definition) is 7. The normalized spacial score (nSPS) is 10.8. The summed E-state index contributed by atoms with van der Waals surface area (Å²) in [6.07, 6.45) is 0.537. The van der Waals surface area contributed by atoms with Gasteiger partial charge in [-0.2, -0.15) is 9.50 Å². The fourth-order valence-corrected chi connectivity index (χ4v) is 2.95. The van der Waals surface area contributed by atoms with E-state index in [1.807, 2.05) is 39.0 Å². The Labute approximate surface area is 161 Å². The Morgan fingerprint density at radius 1 is 1.21 bits per heavy atom. The van der Waals surface area contributed by atoms with E-state index in [1.54, 1.807) is 10.6 Å². The number of anilines is 2. The quantitative estimate of drug-likeness (QED) is 0.622. The lowest BCUT2D eigenvalue weighted by Gasteiger charge is -2.10. The molecular weight excluding hydrogens is 360 g/mol. The van der Waals surface area contributed by atoms with Gasteiger partial charge in [-0.3, -0.25) is 9.59 Å². The lowest BCUT2D eigenvalue weighted by atomic mass is 10.1. The van der Waals surface area contributed by atoms with Crippen LogP contribution < -0.4 is 11.1 Å². The van der Waals surface area contributed by atoms with E-state index in [0.717, 1.165) is 22.5 Å². The summed E-state index contributed by atoms with van der Waals surface area (Å²) in [6, 6.07) is 7.39. The molecule has 0 aliphatic rings. The van der Waals surface area contributed by atoms with Gasteiger partial charge in [-0.05, 0) is 50.5 Å². The topological polar surface area (TPSA) is 124 Å². The Kier molecular flexibility index (Phi) is 5.53. The van der Waals surface area contributed by atoms with Gasteiger partial charge in [0.05, 0.1) is 0 Å². The van der Waals surface area contributed by atoms with Crippen molar-refractivity contribution in [2.24, 2.45) is 0 Å². The highest BCUT2D eigenvalue weighted by molar-refractivity contribution is 5.92. The molecule has 0 aliphatic carbocycles. The summed E-state index contributed by atoms with van der Waals surface area (Å²) in [7, 11) is 0. The first-order valence-electron chi connectivity index (χ1n) is 8.84. The van der Waals surface area contributed by atoms with E-state index in [4.69, 9.17) is 10.5 Å². The molecule has 1 aromatic carbocycles. The molecule has 0 saturated carbocycles. The molecule has 0 aliphatic heterocycles. The van der Waals surface area contributed by atoms with Crippen molar-refractivity contribution in [1.29, 1.82) is 0 Å². The molecule has 3 aromatic rings. The second kappa shape index (κ2) is 8.03. The molecule has 3 rings (SSSR count). The van der Waals surface area contributed by atoms with E-state index in [0.29, 0.717) is 17.9 Å². The van der Waals surface area contributed by atoms with Crippen molar-refractivity contribution in [1.82, 2.24) is 19.6 Å². The van der Waals surface area contributed by atoms with Crippen molar-refractivity contribution in [2.75, 3.05) is 17.7 Å². The maximum Gasteiger partial charge on any atom is 0.306 e. The molecule has 3 N–H and O–H groups in total. The molecule has 146 valence electrons. The molecular formula is C19H22N6O3. The zero-order chi connectivity index (χ0) is 20.3. The number of fused-ring (bicyclic) bond motifs is 1. The summed E-state index contributed by atoms with van der Waals surface area (Å²) in [5, 5.41) is 6.79. The van der Waals surface area contributed by atoms with Crippen molar-refractivity contribution in [3.8, 4) is 0 Å². The number of nitrogens with one attached hydrogen (secondary N) is 1. The number of carbonyl (C=O) groups excluding carboxylic acids is 2. The van der Waals surface area contributed by atoms with Crippen molar-refractivity contribution in [3.63, 3.8) is 0 Å². The number of amides is 1. The van der Waals surface area contributed by atoms with Crippen LogP contribution in [0.5, 0.6) is 0 Å². The minimum absolute atomic E-state index is 0.122. The molecule has 0 radical (unpaired) electrons. The second-order valence-electron chi connectivity index (χ2n) is 6.52. The van der Waals surface area contributed by atoms with Gasteiger partial charge in [0, 0.05) is 23.5 Å². The molecule has 0 saturated heterocycles. The molecule has 0 atom stereocenters. The lowest BCUT2D eigenvalue weighted by molar-refractivity contribution is -0.147. The van der Waals surface area contributed by atoms with Crippen LogP contribution in [0.4, 0.5) is 11.6 Å². The molecule has 2 aromatic heterocycles. The van der Waals surface area contributed by atoms with Crippen LogP contribution in [-0.4, -0.2) is 38.1 Å². The minimum Gasteiger partial charge on any atom is -0.456 e. The molecule has 0 spiro atoms. The van der Waals surface area contributed by atoms with Gasteiger partial charge in [0.25, 0.3) is 11.7 Å². The zero-order valence-corrected chi connectivity index (χ0v) is 16.0. The number of aryl methyl sites for hydroxylation is 3. The molecule has 2 heterocycles. The summed E-state index contributed by atoms with van der Waals surface area (Å²) in [5.41, 5.74) is 9.75. The third-order valence-electron chi connectivity index (χ3n) is 4.31. The van der Waals surface area contributed by atoms with Crippen molar-refractivity contribution in [3.05, 3.63) is 46.8 Å². The Hall–Kier alpha value is -3.49. The van der Waals surface area contributed by atoms with Gasteiger partial charge in [-0.25, -0.2) is 4.98 Å². The number of benzene rings is 1. The second-order valence-corrected chi connectivity index (χ2v) is 6.52. The van der Waals surface area contributed by atoms with E-state index in [9.17, 15) is 9.59 Å². The van der Waals surface area contributed by atoms with E-state index in [2.05, 4.69) is 20.4 Å². The number of aromatic nitrogens is 4. The molecule has 0 bridgehead atoms. The first kappa shape index (κ1) is 19.3. The monoisotopic (exact) mass is 382 g/mol. The maximum atomic E-state index is 12.0. The minimum atomic E-state index is -0.462. The predicted molar refractivity (Wildman–Crippen MR) is 104 cm³/mol. The Balaban J connectivity index is 1.54. The summed E-state index contributed by atoms with van der Waals surface area (Å²) >= 11 is 0. The first-order valence-corrected chi connectivity index (χ1v) is 8.84. The van der Waals surface area contributed by atoms with Crippen LogP contribution in [0.15, 0.2) is 24.3 Å². The fraction of sp³-hybridized carbons (Fsp3) is 0.316. The van der Waals surface area contributed by atoms with Gasteiger partial charge in [0.2, 0.25) is 5.95 Å². The Morgan fingerprint density at radius 3 is 2.75 bits per heavy atom. The van der Waals surface area contributed by atoms with Gasteiger partial charge in [-0.15, -0.1) is 5.10 Å². The largest absolute Gasteiger partial charge is 0.456 e. The summed E-state index contributed by atoms with van der Waals surface area (Å²) in [4.78, 5) is 32.4. The van der Waals surface area contributed by atoms with Gasteiger partial charge in [0.1, 0.15) is 0 Å².